The molecule has 1 aromatic carbocycles. The first-order chi connectivity index (χ1) is 7.56. The van der Waals surface area contributed by atoms with Crippen molar-refractivity contribution < 1.29 is 8.42 Å². The van der Waals surface area contributed by atoms with Crippen LogP contribution in [-0.4, -0.2) is 25.8 Å². The molecule has 0 radical (unpaired) electrons. The fourth-order valence-electron chi connectivity index (χ4n) is 1.48. The van der Waals surface area contributed by atoms with Crippen molar-refractivity contribution in [3.05, 3.63) is 29.8 Å². The molecular formula is C11H17NO2S2. The molecule has 0 heterocycles. The molecule has 0 amide bonds. The highest BCUT2D eigenvalue weighted by atomic mass is 32.2. The Morgan fingerprint density at radius 2 is 1.62 bits per heavy atom. The fraction of sp³-hybridized carbons (Fsp3) is 0.455. The summed E-state index contributed by atoms with van der Waals surface area (Å²) >= 11 is 4.13. The lowest BCUT2D eigenvalue weighted by Gasteiger charge is -2.18. The molecule has 0 fully saturated rings. The minimum Gasteiger partial charge on any atom is -0.207 e. The summed E-state index contributed by atoms with van der Waals surface area (Å²) in [5.74, 6) is 0.617. The van der Waals surface area contributed by atoms with Gasteiger partial charge >= 0.3 is 0 Å². The van der Waals surface area contributed by atoms with Crippen molar-refractivity contribution in [1.29, 1.82) is 0 Å². The Labute approximate surface area is 103 Å². The third-order valence-electron chi connectivity index (χ3n) is 2.45. The van der Waals surface area contributed by atoms with Crippen molar-refractivity contribution >= 4 is 22.7 Å². The molecule has 1 aromatic rings. The van der Waals surface area contributed by atoms with E-state index in [1.165, 1.54) is 4.31 Å². The van der Waals surface area contributed by atoms with Gasteiger partial charge in [-0.25, -0.2) is 8.42 Å². The van der Waals surface area contributed by atoms with Gasteiger partial charge in [0, 0.05) is 18.8 Å². The monoisotopic (exact) mass is 259 g/mol. The molecule has 0 aliphatic carbocycles. The predicted octanol–water partition coefficient (Wildman–Crippen LogP) is 2.15. The van der Waals surface area contributed by atoms with Crippen LogP contribution in [0.1, 0.15) is 19.4 Å². The van der Waals surface area contributed by atoms with Gasteiger partial charge in [-0.2, -0.15) is 16.9 Å². The summed E-state index contributed by atoms with van der Waals surface area (Å²) in [5, 5.41) is 0. The van der Waals surface area contributed by atoms with Crippen molar-refractivity contribution in [1.82, 2.24) is 4.31 Å². The summed E-state index contributed by atoms with van der Waals surface area (Å²) in [4.78, 5) is 0.349. The van der Waals surface area contributed by atoms with Crippen LogP contribution in [0.5, 0.6) is 0 Å². The summed E-state index contributed by atoms with van der Waals surface area (Å²) in [6, 6.07) is 6.87. The van der Waals surface area contributed by atoms with Crippen LogP contribution < -0.4 is 0 Å². The average molecular weight is 259 g/mol. The van der Waals surface area contributed by atoms with Crippen LogP contribution >= 0.6 is 12.6 Å². The number of benzene rings is 1. The first-order valence-corrected chi connectivity index (χ1v) is 7.33. The van der Waals surface area contributed by atoms with Crippen LogP contribution in [0.2, 0.25) is 0 Å². The second kappa shape index (κ2) is 5.70. The van der Waals surface area contributed by atoms with Gasteiger partial charge in [0.1, 0.15) is 0 Å². The van der Waals surface area contributed by atoms with Gasteiger partial charge in [-0.1, -0.05) is 26.0 Å². The Balaban J connectivity index is 3.07. The lowest BCUT2D eigenvalue weighted by Crippen LogP contribution is -2.30. The third kappa shape index (κ3) is 2.78. The summed E-state index contributed by atoms with van der Waals surface area (Å²) in [7, 11) is -3.32. The maximum absolute atomic E-state index is 12.1. The molecule has 0 saturated heterocycles. The fourth-order valence-corrected chi connectivity index (χ4v) is 3.15. The maximum Gasteiger partial charge on any atom is 0.243 e. The van der Waals surface area contributed by atoms with E-state index in [1.54, 1.807) is 24.3 Å². The molecule has 0 aromatic heterocycles. The van der Waals surface area contributed by atoms with E-state index in [0.717, 1.165) is 5.56 Å². The van der Waals surface area contributed by atoms with E-state index >= 15 is 0 Å². The normalized spacial score (nSPS) is 12.0. The zero-order valence-electron chi connectivity index (χ0n) is 9.55. The predicted molar refractivity (Wildman–Crippen MR) is 69.2 cm³/mol. The Morgan fingerprint density at radius 3 is 2.00 bits per heavy atom. The van der Waals surface area contributed by atoms with Crippen LogP contribution in [0.4, 0.5) is 0 Å². The molecule has 90 valence electrons. The van der Waals surface area contributed by atoms with Crippen molar-refractivity contribution in [2.24, 2.45) is 0 Å². The van der Waals surface area contributed by atoms with Gasteiger partial charge in [-0.15, -0.1) is 0 Å². The molecule has 0 bridgehead atoms. The smallest absolute Gasteiger partial charge is 0.207 e. The number of thiol groups is 1. The SMILES string of the molecule is CCN(CC)S(=O)(=O)c1ccc(CS)cc1. The molecule has 0 spiro atoms. The number of nitrogens with zero attached hydrogens (tertiary/aromatic N) is 1. The minimum absolute atomic E-state index is 0.349. The molecule has 1 rings (SSSR count). The summed E-state index contributed by atoms with van der Waals surface area (Å²) in [6.45, 7) is 4.66. The molecule has 0 unspecified atom stereocenters. The van der Waals surface area contributed by atoms with Crippen molar-refractivity contribution in [2.75, 3.05) is 13.1 Å². The Hall–Kier alpha value is -0.520. The Bertz CT molecular complexity index is 422. The second-order valence-corrected chi connectivity index (χ2v) is 5.65. The van der Waals surface area contributed by atoms with Gasteiger partial charge in [0.15, 0.2) is 0 Å². The number of rotatable bonds is 5. The second-order valence-electron chi connectivity index (χ2n) is 3.39. The lowest BCUT2D eigenvalue weighted by molar-refractivity contribution is 0.445. The summed E-state index contributed by atoms with van der Waals surface area (Å²) in [5.41, 5.74) is 1.02. The number of sulfonamides is 1. The largest absolute Gasteiger partial charge is 0.243 e. The van der Waals surface area contributed by atoms with Gasteiger partial charge in [0.05, 0.1) is 4.90 Å². The third-order valence-corrected chi connectivity index (χ3v) is 4.88. The van der Waals surface area contributed by atoms with E-state index in [9.17, 15) is 8.42 Å². The van der Waals surface area contributed by atoms with Crippen molar-refractivity contribution in [2.45, 2.75) is 24.5 Å². The van der Waals surface area contributed by atoms with Gasteiger partial charge in [-0.05, 0) is 17.7 Å². The van der Waals surface area contributed by atoms with Crippen LogP contribution in [0.15, 0.2) is 29.2 Å². The average Bonchev–Trinajstić information content (AvgIpc) is 2.30. The molecule has 5 heteroatoms. The summed E-state index contributed by atoms with van der Waals surface area (Å²) in [6.07, 6.45) is 0. The molecule has 0 saturated carbocycles. The van der Waals surface area contributed by atoms with Gasteiger partial charge < -0.3 is 0 Å². The van der Waals surface area contributed by atoms with Crippen LogP contribution in [0, 0.1) is 0 Å². The zero-order chi connectivity index (χ0) is 12.2. The van der Waals surface area contributed by atoms with Crippen LogP contribution in [0.3, 0.4) is 0 Å². The van der Waals surface area contributed by atoms with E-state index in [1.807, 2.05) is 13.8 Å². The molecule has 0 aliphatic rings. The molecule has 16 heavy (non-hydrogen) atoms. The first-order valence-electron chi connectivity index (χ1n) is 5.26. The van der Waals surface area contributed by atoms with E-state index in [0.29, 0.717) is 23.7 Å². The van der Waals surface area contributed by atoms with Gasteiger partial charge in [0.2, 0.25) is 10.0 Å². The van der Waals surface area contributed by atoms with Crippen LogP contribution in [0.25, 0.3) is 0 Å². The number of hydrogen-bond acceptors (Lipinski definition) is 3. The van der Waals surface area contributed by atoms with Gasteiger partial charge in [-0.3, -0.25) is 0 Å². The van der Waals surface area contributed by atoms with E-state index in [4.69, 9.17) is 0 Å². The molecule has 0 aliphatic heterocycles. The molecular weight excluding hydrogens is 242 g/mol. The molecule has 0 atom stereocenters. The first kappa shape index (κ1) is 13.5. The van der Waals surface area contributed by atoms with Crippen molar-refractivity contribution in [3.8, 4) is 0 Å². The highest BCUT2D eigenvalue weighted by Gasteiger charge is 2.20. The molecule has 3 nitrogen and oxygen atoms in total. The van der Waals surface area contributed by atoms with Gasteiger partial charge in [0.25, 0.3) is 0 Å². The Kier molecular flexibility index (Phi) is 4.83. The molecule has 0 N–H and O–H groups in total. The van der Waals surface area contributed by atoms with E-state index < -0.39 is 10.0 Å². The lowest BCUT2D eigenvalue weighted by atomic mass is 10.2. The Morgan fingerprint density at radius 1 is 1.12 bits per heavy atom. The van der Waals surface area contributed by atoms with Crippen LogP contribution in [-0.2, 0) is 15.8 Å². The zero-order valence-corrected chi connectivity index (χ0v) is 11.3. The maximum atomic E-state index is 12.1. The highest BCUT2D eigenvalue weighted by Crippen LogP contribution is 2.16. The topological polar surface area (TPSA) is 37.4 Å². The van der Waals surface area contributed by atoms with E-state index in [2.05, 4.69) is 12.6 Å². The standard InChI is InChI=1S/C11H17NO2S2/c1-3-12(4-2)16(13,14)11-7-5-10(9-15)6-8-11/h5-8,15H,3-4,9H2,1-2H3. The number of hydrogen-bond donors (Lipinski definition) is 1. The minimum atomic E-state index is -3.32. The van der Waals surface area contributed by atoms with E-state index in [-0.39, 0.29) is 0 Å². The quantitative estimate of drug-likeness (QED) is 0.823. The van der Waals surface area contributed by atoms with Crippen molar-refractivity contribution in [3.63, 3.8) is 0 Å². The summed E-state index contributed by atoms with van der Waals surface area (Å²) < 4.78 is 25.6. The highest BCUT2D eigenvalue weighted by molar-refractivity contribution is 7.89.